The Kier molecular flexibility index (Phi) is 3.34. The maximum Gasteiger partial charge on any atom is 0.165 e. The fourth-order valence-electron chi connectivity index (χ4n) is 1.53. The van der Waals surface area contributed by atoms with Gasteiger partial charge in [-0.05, 0) is 12.8 Å². The van der Waals surface area contributed by atoms with Gasteiger partial charge in [0.05, 0.1) is 6.61 Å². The zero-order valence-corrected chi connectivity index (χ0v) is 7.31. The average Bonchev–Trinajstić information content (AvgIpc) is 2.38. The van der Waals surface area contributed by atoms with Crippen LogP contribution in [0.1, 0.15) is 45.4 Å². The molecule has 0 aromatic carbocycles. The van der Waals surface area contributed by atoms with E-state index < -0.39 is 5.79 Å². The second-order valence-corrected chi connectivity index (χ2v) is 3.36. The number of rotatable bonds is 4. The summed E-state index contributed by atoms with van der Waals surface area (Å²) in [6.07, 6.45) is 6.16. The molecular formula is C9H18O2. The highest BCUT2D eigenvalue weighted by atomic mass is 16.6. The molecule has 1 N–H and O–H groups in total. The van der Waals surface area contributed by atoms with E-state index in [1.165, 1.54) is 12.8 Å². The van der Waals surface area contributed by atoms with Crippen LogP contribution >= 0.6 is 0 Å². The zero-order valence-electron chi connectivity index (χ0n) is 7.31. The van der Waals surface area contributed by atoms with E-state index in [9.17, 15) is 5.11 Å². The van der Waals surface area contributed by atoms with Gasteiger partial charge in [-0.15, -0.1) is 0 Å². The van der Waals surface area contributed by atoms with E-state index >= 15 is 0 Å². The molecule has 1 heterocycles. The third kappa shape index (κ3) is 2.80. The first-order valence-corrected chi connectivity index (χ1v) is 4.63. The Balaban J connectivity index is 2.13. The smallest absolute Gasteiger partial charge is 0.165 e. The van der Waals surface area contributed by atoms with Crippen molar-refractivity contribution < 1.29 is 9.84 Å². The number of unbranched alkanes of at least 4 members (excludes halogenated alkanes) is 2. The van der Waals surface area contributed by atoms with Crippen molar-refractivity contribution in [2.24, 2.45) is 0 Å². The van der Waals surface area contributed by atoms with Gasteiger partial charge in [0.2, 0.25) is 0 Å². The van der Waals surface area contributed by atoms with Crippen LogP contribution in [0.25, 0.3) is 0 Å². The first kappa shape index (κ1) is 9.01. The van der Waals surface area contributed by atoms with Gasteiger partial charge in [0.25, 0.3) is 0 Å². The zero-order chi connectivity index (χ0) is 8.16. The van der Waals surface area contributed by atoms with E-state index in [1.807, 2.05) is 0 Å². The van der Waals surface area contributed by atoms with E-state index in [2.05, 4.69) is 6.92 Å². The molecule has 0 aliphatic carbocycles. The molecule has 0 amide bonds. The molecule has 1 rings (SSSR count). The minimum absolute atomic E-state index is 0.739. The van der Waals surface area contributed by atoms with Crippen LogP contribution in [-0.4, -0.2) is 17.5 Å². The maximum atomic E-state index is 9.70. The van der Waals surface area contributed by atoms with Crippen LogP contribution in [0.5, 0.6) is 0 Å². The van der Waals surface area contributed by atoms with Crippen LogP contribution in [0.3, 0.4) is 0 Å². The van der Waals surface area contributed by atoms with Gasteiger partial charge < -0.3 is 9.84 Å². The predicted octanol–water partition coefficient (Wildman–Crippen LogP) is 2.07. The third-order valence-corrected chi connectivity index (χ3v) is 2.25. The molecule has 2 heteroatoms. The Labute approximate surface area is 68.6 Å². The molecule has 0 radical (unpaired) electrons. The van der Waals surface area contributed by atoms with Crippen LogP contribution in [0.2, 0.25) is 0 Å². The van der Waals surface area contributed by atoms with Gasteiger partial charge in [-0.2, -0.15) is 0 Å². The normalized spacial score (nSPS) is 31.1. The summed E-state index contributed by atoms with van der Waals surface area (Å²) in [6.45, 7) is 2.90. The summed E-state index contributed by atoms with van der Waals surface area (Å²) in [5, 5.41) is 9.70. The van der Waals surface area contributed by atoms with Gasteiger partial charge in [-0.25, -0.2) is 0 Å². The van der Waals surface area contributed by atoms with Gasteiger partial charge in [0.1, 0.15) is 0 Å². The Morgan fingerprint density at radius 1 is 1.45 bits per heavy atom. The molecular weight excluding hydrogens is 140 g/mol. The highest BCUT2D eigenvalue weighted by molar-refractivity contribution is 4.72. The molecule has 11 heavy (non-hydrogen) atoms. The molecule has 1 aliphatic rings. The second-order valence-electron chi connectivity index (χ2n) is 3.36. The fraction of sp³-hybridized carbons (Fsp3) is 1.00. The standard InChI is InChI=1S/C9H18O2/c1-2-3-4-6-9(10)7-5-8-11-9/h10H,2-8H2,1H3. The van der Waals surface area contributed by atoms with E-state index in [4.69, 9.17) is 4.74 Å². The minimum Gasteiger partial charge on any atom is -0.365 e. The van der Waals surface area contributed by atoms with Crippen LogP contribution in [0.15, 0.2) is 0 Å². The number of hydrogen-bond donors (Lipinski definition) is 1. The van der Waals surface area contributed by atoms with Gasteiger partial charge in [-0.1, -0.05) is 19.8 Å². The second kappa shape index (κ2) is 4.07. The number of aliphatic hydroxyl groups is 1. The Morgan fingerprint density at radius 3 is 2.82 bits per heavy atom. The molecule has 0 aromatic heterocycles. The molecule has 1 saturated heterocycles. The average molecular weight is 158 g/mol. The first-order valence-electron chi connectivity index (χ1n) is 4.63. The minimum atomic E-state index is -0.755. The van der Waals surface area contributed by atoms with Crippen molar-refractivity contribution in [3.8, 4) is 0 Å². The topological polar surface area (TPSA) is 29.5 Å². The highest BCUT2D eigenvalue weighted by Crippen LogP contribution is 2.27. The van der Waals surface area contributed by atoms with E-state index in [0.29, 0.717) is 0 Å². The van der Waals surface area contributed by atoms with Crippen LogP contribution < -0.4 is 0 Å². The van der Waals surface area contributed by atoms with Crippen molar-refractivity contribution in [1.82, 2.24) is 0 Å². The summed E-state index contributed by atoms with van der Waals surface area (Å²) >= 11 is 0. The lowest BCUT2D eigenvalue weighted by molar-refractivity contribution is -0.175. The summed E-state index contributed by atoms with van der Waals surface area (Å²) in [4.78, 5) is 0. The van der Waals surface area contributed by atoms with E-state index in [1.54, 1.807) is 0 Å². The van der Waals surface area contributed by atoms with Crippen molar-refractivity contribution >= 4 is 0 Å². The molecule has 2 nitrogen and oxygen atoms in total. The summed E-state index contributed by atoms with van der Waals surface area (Å²) in [6, 6.07) is 0. The molecule has 1 aliphatic heterocycles. The molecule has 0 bridgehead atoms. The van der Waals surface area contributed by atoms with Gasteiger partial charge in [0.15, 0.2) is 5.79 Å². The van der Waals surface area contributed by atoms with Crippen molar-refractivity contribution in [3.63, 3.8) is 0 Å². The Hall–Kier alpha value is -0.0800. The Bertz CT molecular complexity index is 106. The molecule has 0 spiro atoms. The van der Waals surface area contributed by atoms with Gasteiger partial charge >= 0.3 is 0 Å². The van der Waals surface area contributed by atoms with Crippen molar-refractivity contribution in [2.75, 3.05) is 6.61 Å². The fourth-order valence-corrected chi connectivity index (χ4v) is 1.53. The monoisotopic (exact) mass is 158 g/mol. The van der Waals surface area contributed by atoms with Crippen molar-refractivity contribution in [2.45, 2.75) is 51.2 Å². The third-order valence-electron chi connectivity index (χ3n) is 2.25. The largest absolute Gasteiger partial charge is 0.365 e. The number of ether oxygens (including phenoxy) is 1. The number of hydrogen-bond acceptors (Lipinski definition) is 2. The van der Waals surface area contributed by atoms with E-state index in [0.717, 1.165) is 32.3 Å². The summed E-state index contributed by atoms with van der Waals surface area (Å²) in [5.74, 6) is -0.755. The Morgan fingerprint density at radius 2 is 2.27 bits per heavy atom. The predicted molar refractivity (Wildman–Crippen MR) is 44.3 cm³/mol. The maximum absolute atomic E-state index is 9.70. The lowest BCUT2D eigenvalue weighted by Gasteiger charge is -2.20. The van der Waals surface area contributed by atoms with Crippen LogP contribution in [0.4, 0.5) is 0 Å². The summed E-state index contributed by atoms with van der Waals surface area (Å²) < 4.78 is 5.24. The quantitative estimate of drug-likeness (QED) is 0.635. The molecule has 66 valence electrons. The summed E-state index contributed by atoms with van der Waals surface area (Å²) in [5.41, 5.74) is 0. The molecule has 0 saturated carbocycles. The van der Waals surface area contributed by atoms with Crippen LogP contribution in [0, 0.1) is 0 Å². The highest BCUT2D eigenvalue weighted by Gasteiger charge is 2.31. The van der Waals surface area contributed by atoms with Crippen molar-refractivity contribution in [3.05, 3.63) is 0 Å². The molecule has 1 atom stereocenters. The van der Waals surface area contributed by atoms with Gasteiger partial charge in [0, 0.05) is 12.8 Å². The van der Waals surface area contributed by atoms with Gasteiger partial charge in [-0.3, -0.25) is 0 Å². The first-order chi connectivity index (χ1) is 5.27. The lowest BCUT2D eigenvalue weighted by Crippen LogP contribution is -2.26. The molecule has 1 fully saturated rings. The van der Waals surface area contributed by atoms with Crippen molar-refractivity contribution in [1.29, 1.82) is 0 Å². The van der Waals surface area contributed by atoms with Crippen LogP contribution in [-0.2, 0) is 4.74 Å². The molecule has 0 aromatic rings. The molecule has 1 unspecified atom stereocenters. The SMILES string of the molecule is CCCCCC1(O)CCCO1. The summed E-state index contributed by atoms with van der Waals surface area (Å²) in [7, 11) is 0. The lowest BCUT2D eigenvalue weighted by atomic mass is 10.1. The van der Waals surface area contributed by atoms with E-state index in [-0.39, 0.29) is 0 Å².